The molecule has 2 atom stereocenters. The van der Waals surface area contributed by atoms with Gasteiger partial charge in [-0.1, -0.05) is 18.1 Å². The van der Waals surface area contributed by atoms with Gasteiger partial charge in [0.2, 0.25) is 0 Å². The second-order valence-electron chi connectivity index (χ2n) is 5.28. The van der Waals surface area contributed by atoms with E-state index in [9.17, 15) is 0 Å². The van der Waals surface area contributed by atoms with Gasteiger partial charge in [-0.15, -0.1) is 0 Å². The van der Waals surface area contributed by atoms with Crippen LogP contribution in [-0.4, -0.2) is 18.8 Å². The first-order valence-corrected chi connectivity index (χ1v) is 7.13. The summed E-state index contributed by atoms with van der Waals surface area (Å²) in [6.45, 7) is 2.86. The highest BCUT2D eigenvalue weighted by Crippen LogP contribution is 2.38. The second-order valence-corrected chi connectivity index (χ2v) is 5.28. The summed E-state index contributed by atoms with van der Waals surface area (Å²) in [5.74, 6) is 6.50. The van der Waals surface area contributed by atoms with E-state index < -0.39 is 0 Å². The minimum atomic E-state index is 0.237. The van der Waals surface area contributed by atoms with Crippen LogP contribution in [-0.2, 0) is 4.74 Å². The Morgan fingerprint density at radius 1 is 1.41 bits per heavy atom. The molecule has 2 rings (SSSR count). The van der Waals surface area contributed by atoms with Gasteiger partial charge in [0.25, 0.3) is 0 Å². The lowest BCUT2D eigenvalue weighted by molar-refractivity contribution is 0.0271. The van der Waals surface area contributed by atoms with Crippen molar-refractivity contribution < 1.29 is 4.74 Å². The van der Waals surface area contributed by atoms with Crippen LogP contribution in [0.15, 0.2) is 11.6 Å². The van der Waals surface area contributed by atoms with Crippen molar-refractivity contribution >= 4 is 0 Å². The molecule has 1 fully saturated rings. The fraction of sp³-hybridized carbons (Fsp3) is 0.857. The van der Waals surface area contributed by atoms with Gasteiger partial charge >= 0.3 is 0 Å². The molecular weight excluding hydrogens is 212 g/mol. The second kappa shape index (κ2) is 6.53. The number of ether oxygens (including phenoxy) is 1. The summed E-state index contributed by atoms with van der Waals surface area (Å²) >= 11 is 0. The normalized spacial score (nSPS) is 24.9. The monoisotopic (exact) mass is 238 g/mol. The molecule has 0 aromatic carbocycles. The fourth-order valence-corrected chi connectivity index (χ4v) is 2.86. The van der Waals surface area contributed by atoms with Crippen LogP contribution < -0.4 is 11.3 Å². The fourth-order valence-electron chi connectivity index (χ4n) is 2.86. The minimum absolute atomic E-state index is 0.237. The molecule has 3 nitrogen and oxygen atoms in total. The first-order valence-electron chi connectivity index (χ1n) is 7.13. The van der Waals surface area contributed by atoms with Crippen molar-refractivity contribution in [3.8, 4) is 0 Å². The lowest BCUT2D eigenvalue weighted by atomic mass is 9.95. The predicted octanol–water partition coefficient (Wildman–Crippen LogP) is 2.52. The molecule has 0 radical (unpaired) electrons. The standard InChI is InChI=1S/C14H26N2O/c1-2-17-14(12-9-10-12)13(16-15)11-7-5-3-4-6-8-11/h7,12-14,16H,2-6,8-10,15H2,1H3. The van der Waals surface area contributed by atoms with Crippen LogP contribution in [0.4, 0.5) is 0 Å². The van der Waals surface area contributed by atoms with Crippen LogP contribution in [0.1, 0.15) is 51.9 Å². The molecule has 98 valence electrons. The Bertz CT molecular complexity index is 261. The number of hydrogen-bond donors (Lipinski definition) is 2. The predicted molar refractivity (Wildman–Crippen MR) is 70.4 cm³/mol. The Labute approximate surface area is 105 Å². The maximum atomic E-state index is 5.93. The summed E-state index contributed by atoms with van der Waals surface area (Å²) in [7, 11) is 0. The molecule has 0 aromatic rings. The van der Waals surface area contributed by atoms with Crippen molar-refractivity contribution in [2.24, 2.45) is 11.8 Å². The van der Waals surface area contributed by atoms with Crippen LogP contribution in [0.2, 0.25) is 0 Å². The molecule has 0 amide bonds. The minimum Gasteiger partial charge on any atom is -0.376 e. The molecule has 0 saturated heterocycles. The third-order valence-electron chi connectivity index (χ3n) is 3.93. The maximum absolute atomic E-state index is 5.93. The van der Waals surface area contributed by atoms with E-state index in [-0.39, 0.29) is 12.1 Å². The van der Waals surface area contributed by atoms with Crippen LogP contribution in [0.3, 0.4) is 0 Å². The third-order valence-corrected chi connectivity index (χ3v) is 3.93. The Balaban J connectivity index is 2.03. The highest BCUT2D eigenvalue weighted by Gasteiger charge is 2.38. The summed E-state index contributed by atoms with van der Waals surface area (Å²) in [5, 5.41) is 0. The molecule has 2 aliphatic carbocycles. The lowest BCUT2D eigenvalue weighted by Gasteiger charge is -2.28. The Kier molecular flexibility index (Phi) is 5.01. The Morgan fingerprint density at radius 3 is 2.88 bits per heavy atom. The van der Waals surface area contributed by atoms with Gasteiger partial charge in [-0.3, -0.25) is 11.3 Å². The average Bonchev–Trinajstić information content (AvgIpc) is 3.17. The molecule has 0 heterocycles. The van der Waals surface area contributed by atoms with Crippen molar-refractivity contribution in [2.75, 3.05) is 6.61 Å². The van der Waals surface area contributed by atoms with Crippen LogP contribution in [0, 0.1) is 5.92 Å². The zero-order valence-electron chi connectivity index (χ0n) is 11.0. The van der Waals surface area contributed by atoms with E-state index in [1.165, 1.54) is 50.5 Å². The zero-order valence-corrected chi connectivity index (χ0v) is 11.0. The van der Waals surface area contributed by atoms with Crippen LogP contribution >= 0.6 is 0 Å². The highest BCUT2D eigenvalue weighted by molar-refractivity contribution is 5.16. The summed E-state index contributed by atoms with van der Waals surface area (Å²) in [6.07, 6.45) is 11.6. The summed E-state index contributed by atoms with van der Waals surface area (Å²) in [6, 6.07) is 0.237. The first kappa shape index (κ1) is 13.1. The van der Waals surface area contributed by atoms with E-state index in [4.69, 9.17) is 10.6 Å². The van der Waals surface area contributed by atoms with Gasteiger partial charge in [0, 0.05) is 6.61 Å². The third kappa shape index (κ3) is 3.54. The first-order chi connectivity index (χ1) is 8.36. The number of hydrazine groups is 1. The summed E-state index contributed by atoms with van der Waals surface area (Å²) < 4.78 is 5.93. The smallest absolute Gasteiger partial charge is 0.0807 e. The van der Waals surface area contributed by atoms with Gasteiger partial charge in [0.15, 0.2) is 0 Å². The van der Waals surface area contributed by atoms with Crippen molar-refractivity contribution in [2.45, 2.75) is 64.0 Å². The van der Waals surface area contributed by atoms with E-state index in [2.05, 4.69) is 18.4 Å². The van der Waals surface area contributed by atoms with Gasteiger partial charge in [-0.05, 0) is 51.4 Å². The Hall–Kier alpha value is -0.380. The van der Waals surface area contributed by atoms with E-state index >= 15 is 0 Å². The highest BCUT2D eigenvalue weighted by atomic mass is 16.5. The molecule has 0 aromatic heterocycles. The van der Waals surface area contributed by atoms with Gasteiger partial charge in [0.05, 0.1) is 12.1 Å². The molecule has 3 N–H and O–H groups in total. The van der Waals surface area contributed by atoms with E-state index in [1.807, 2.05) is 0 Å². The number of hydrogen-bond acceptors (Lipinski definition) is 3. The van der Waals surface area contributed by atoms with Gasteiger partial charge in [0.1, 0.15) is 0 Å². The van der Waals surface area contributed by atoms with Crippen molar-refractivity contribution in [3.05, 3.63) is 11.6 Å². The summed E-state index contributed by atoms with van der Waals surface area (Å²) in [4.78, 5) is 0. The van der Waals surface area contributed by atoms with E-state index in [0.717, 1.165) is 12.5 Å². The van der Waals surface area contributed by atoms with E-state index in [1.54, 1.807) is 0 Å². The number of rotatable bonds is 6. The molecule has 0 aliphatic heterocycles. The molecule has 3 heteroatoms. The summed E-state index contributed by atoms with van der Waals surface area (Å²) in [5.41, 5.74) is 4.49. The lowest BCUT2D eigenvalue weighted by Crippen LogP contribution is -2.47. The van der Waals surface area contributed by atoms with Gasteiger partial charge < -0.3 is 4.74 Å². The SMILES string of the molecule is CCOC(C1CC1)C(NN)C1=CCCCCC1. The zero-order chi connectivity index (χ0) is 12.1. The van der Waals surface area contributed by atoms with E-state index in [0.29, 0.717) is 0 Å². The number of nitrogens with two attached hydrogens (primary N) is 1. The van der Waals surface area contributed by atoms with Crippen molar-refractivity contribution in [1.82, 2.24) is 5.43 Å². The molecule has 0 bridgehead atoms. The quantitative estimate of drug-likeness (QED) is 0.425. The molecule has 17 heavy (non-hydrogen) atoms. The molecule has 0 spiro atoms. The molecular formula is C14H26N2O. The topological polar surface area (TPSA) is 47.3 Å². The van der Waals surface area contributed by atoms with Crippen LogP contribution in [0.5, 0.6) is 0 Å². The molecule has 2 aliphatic rings. The van der Waals surface area contributed by atoms with Crippen molar-refractivity contribution in [1.29, 1.82) is 0 Å². The Morgan fingerprint density at radius 2 is 2.24 bits per heavy atom. The largest absolute Gasteiger partial charge is 0.376 e. The molecule has 1 saturated carbocycles. The van der Waals surface area contributed by atoms with Gasteiger partial charge in [-0.25, -0.2) is 0 Å². The number of allylic oxidation sites excluding steroid dienone is 1. The number of nitrogens with one attached hydrogen (secondary N) is 1. The van der Waals surface area contributed by atoms with Crippen LogP contribution in [0.25, 0.3) is 0 Å². The maximum Gasteiger partial charge on any atom is 0.0807 e. The molecule has 2 unspecified atom stereocenters. The average molecular weight is 238 g/mol. The van der Waals surface area contributed by atoms with Gasteiger partial charge in [-0.2, -0.15) is 0 Å². The van der Waals surface area contributed by atoms with Crippen molar-refractivity contribution in [3.63, 3.8) is 0 Å².